The van der Waals surface area contributed by atoms with E-state index in [9.17, 15) is 13.2 Å². The minimum absolute atomic E-state index is 0. The third-order valence-corrected chi connectivity index (χ3v) is 1.55. The fourth-order valence-electron chi connectivity index (χ4n) is 0.323. The standard InChI is InChI=1S/C5H9NO4S.Na/c1-4(5(6)7)2-3-11(8,9)10;/h2H,3H2,1H3,(H3,6,7,8,9,10);/q;+1/p-1. The Morgan fingerprint density at radius 3 is 2.25 bits per heavy atom. The van der Waals surface area contributed by atoms with Gasteiger partial charge in [0, 0.05) is 0 Å². The zero-order chi connectivity index (χ0) is 9.07. The van der Waals surface area contributed by atoms with Gasteiger partial charge in [-0.2, -0.15) is 8.42 Å². The molecule has 1 amide bonds. The summed E-state index contributed by atoms with van der Waals surface area (Å²) < 4.78 is 28.4. The summed E-state index contributed by atoms with van der Waals surface area (Å²) in [5.74, 6) is -1.57. The summed E-state index contributed by atoms with van der Waals surface area (Å²) >= 11 is 0. The molecule has 7 heteroatoms. The molecular formula is C5H8NNaO4S. The predicted molar refractivity (Wildman–Crippen MR) is 39.5 cm³/mol. The summed E-state index contributed by atoms with van der Waals surface area (Å²) in [6, 6.07) is 0. The number of rotatable bonds is 3. The SMILES string of the molecule is CC(=CCS(=O)(=O)O)C([NH-])=O.[Na+]. The van der Waals surface area contributed by atoms with Crippen LogP contribution in [0.5, 0.6) is 0 Å². The first-order valence-corrected chi connectivity index (χ1v) is 4.31. The van der Waals surface area contributed by atoms with Gasteiger partial charge in [0.25, 0.3) is 10.1 Å². The van der Waals surface area contributed by atoms with Crippen LogP contribution >= 0.6 is 0 Å². The monoisotopic (exact) mass is 201 g/mol. The Bertz CT molecular complexity index is 282. The number of hydrogen-bond acceptors (Lipinski definition) is 3. The van der Waals surface area contributed by atoms with Crippen molar-refractivity contribution < 1.29 is 47.3 Å². The number of nitrogens with one attached hydrogen (secondary N) is 1. The number of amides is 1. The molecular weight excluding hydrogens is 193 g/mol. The molecule has 64 valence electrons. The molecule has 0 rings (SSSR count). The van der Waals surface area contributed by atoms with Crippen molar-refractivity contribution in [2.45, 2.75) is 6.92 Å². The molecule has 0 aliphatic carbocycles. The first-order chi connectivity index (χ1) is 4.83. The van der Waals surface area contributed by atoms with Crippen LogP contribution in [-0.2, 0) is 14.9 Å². The van der Waals surface area contributed by atoms with Gasteiger partial charge in [-0.3, -0.25) is 4.55 Å². The van der Waals surface area contributed by atoms with Gasteiger partial charge in [0.05, 0.1) is 11.7 Å². The molecule has 0 atom stereocenters. The summed E-state index contributed by atoms with van der Waals surface area (Å²) in [6.07, 6.45) is 0.991. The second-order valence-electron chi connectivity index (χ2n) is 1.96. The van der Waals surface area contributed by atoms with Gasteiger partial charge in [0.2, 0.25) is 0 Å². The van der Waals surface area contributed by atoms with E-state index in [1.165, 1.54) is 6.92 Å². The van der Waals surface area contributed by atoms with Gasteiger partial charge in [0.15, 0.2) is 0 Å². The van der Waals surface area contributed by atoms with E-state index in [0.29, 0.717) is 0 Å². The van der Waals surface area contributed by atoms with Crippen LogP contribution in [0.4, 0.5) is 0 Å². The van der Waals surface area contributed by atoms with Crippen LogP contribution in [0.25, 0.3) is 5.73 Å². The van der Waals surface area contributed by atoms with Crippen LogP contribution in [0, 0.1) is 0 Å². The molecule has 0 radical (unpaired) electrons. The first-order valence-electron chi connectivity index (χ1n) is 2.71. The molecule has 5 nitrogen and oxygen atoms in total. The van der Waals surface area contributed by atoms with Crippen LogP contribution in [0.3, 0.4) is 0 Å². The Kier molecular flexibility index (Phi) is 6.97. The Labute approximate surface area is 93.1 Å². The van der Waals surface area contributed by atoms with Crippen molar-refractivity contribution in [1.29, 1.82) is 0 Å². The molecule has 0 unspecified atom stereocenters. The molecule has 0 aromatic carbocycles. The number of hydrogen-bond donors (Lipinski definition) is 1. The maximum atomic E-state index is 10.2. The number of carbonyl (C=O) groups is 1. The van der Waals surface area contributed by atoms with Gasteiger partial charge in [-0.1, -0.05) is 6.08 Å². The van der Waals surface area contributed by atoms with Crippen molar-refractivity contribution in [2.24, 2.45) is 0 Å². The fourth-order valence-corrected chi connectivity index (χ4v) is 0.784. The van der Waals surface area contributed by atoms with E-state index < -0.39 is 21.8 Å². The van der Waals surface area contributed by atoms with Crippen LogP contribution in [0.2, 0.25) is 0 Å². The van der Waals surface area contributed by atoms with Gasteiger partial charge < -0.3 is 10.5 Å². The molecule has 2 N–H and O–H groups in total. The minimum Gasteiger partial charge on any atom is -0.664 e. The van der Waals surface area contributed by atoms with Crippen LogP contribution in [0.1, 0.15) is 6.92 Å². The quantitative estimate of drug-likeness (QED) is 0.308. The third-order valence-electron chi connectivity index (χ3n) is 0.958. The maximum absolute atomic E-state index is 10.2. The van der Waals surface area contributed by atoms with Gasteiger partial charge in [-0.15, -0.1) is 0 Å². The Balaban J connectivity index is 0. The van der Waals surface area contributed by atoms with E-state index in [1.807, 2.05) is 0 Å². The zero-order valence-electron chi connectivity index (χ0n) is 6.86. The molecule has 0 aliphatic rings. The molecule has 0 aromatic heterocycles. The van der Waals surface area contributed by atoms with E-state index in [1.54, 1.807) is 0 Å². The van der Waals surface area contributed by atoms with Gasteiger partial charge in [-0.05, 0) is 12.5 Å². The average Bonchev–Trinajstić information content (AvgIpc) is 1.80. The van der Waals surface area contributed by atoms with E-state index in [2.05, 4.69) is 0 Å². The first kappa shape index (κ1) is 14.6. The molecule has 0 saturated carbocycles. The van der Waals surface area contributed by atoms with Crippen LogP contribution < -0.4 is 29.6 Å². The molecule has 0 bridgehead atoms. The molecule has 12 heavy (non-hydrogen) atoms. The van der Waals surface area contributed by atoms with Crippen molar-refractivity contribution in [3.05, 3.63) is 17.4 Å². The third kappa shape index (κ3) is 8.22. The summed E-state index contributed by atoms with van der Waals surface area (Å²) in [7, 11) is -4.06. The van der Waals surface area contributed by atoms with Crippen molar-refractivity contribution in [1.82, 2.24) is 0 Å². The van der Waals surface area contributed by atoms with Crippen molar-refractivity contribution >= 4 is 16.0 Å². The topological polar surface area (TPSA) is 95.2 Å². The molecule has 0 spiro atoms. The maximum Gasteiger partial charge on any atom is 1.00 e. The van der Waals surface area contributed by atoms with E-state index in [4.69, 9.17) is 10.3 Å². The van der Waals surface area contributed by atoms with Crippen LogP contribution in [-0.4, -0.2) is 24.6 Å². The Hall–Kier alpha value is 0.120. The molecule has 0 heterocycles. The second kappa shape index (κ2) is 5.71. The Morgan fingerprint density at radius 1 is 1.58 bits per heavy atom. The Morgan fingerprint density at radius 2 is 2.00 bits per heavy atom. The largest absolute Gasteiger partial charge is 1.00 e. The number of carbonyl (C=O) groups excluding carboxylic acids is 1. The molecule has 0 fully saturated rings. The average molecular weight is 201 g/mol. The molecule has 0 saturated heterocycles. The van der Waals surface area contributed by atoms with Crippen molar-refractivity contribution in [2.75, 3.05) is 5.75 Å². The minimum atomic E-state index is -4.06. The van der Waals surface area contributed by atoms with Gasteiger partial charge in [0.1, 0.15) is 0 Å². The van der Waals surface area contributed by atoms with E-state index in [0.717, 1.165) is 6.08 Å². The predicted octanol–water partition coefficient (Wildman–Crippen LogP) is -2.60. The summed E-state index contributed by atoms with van der Waals surface area (Å²) in [5, 5.41) is 0. The smallest absolute Gasteiger partial charge is 0.664 e. The summed E-state index contributed by atoms with van der Waals surface area (Å²) in [4.78, 5) is 10.2. The van der Waals surface area contributed by atoms with Crippen molar-refractivity contribution in [3.63, 3.8) is 0 Å². The van der Waals surface area contributed by atoms with Gasteiger partial charge >= 0.3 is 29.6 Å². The van der Waals surface area contributed by atoms with E-state index in [-0.39, 0.29) is 35.1 Å². The molecule has 0 aliphatic heterocycles. The fraction of sp³-hybridized carbons (Fsp3) is 0.400. The van der Waals surface area contributed by atoms with Gasteiger partial charge in [-0.25, -0.2) is 0 Å². The zero-order valence-corrected chi connectivity index (χ0v) is 9.68. The summed E-state index contributed by atoms with van der Waals surface area (Å²) in [6.45, 7) is 1.31. The summed E-state index contributed by atoms with van der Waals surface area (Å²) in [5.41, 5.74) is 6.51. The molecule has 0 aromatic rings. The second-order valence-corrected chi connectivity index (χ2v) is 3.46. The normalized spacial score (nSPS) is 12.0. The van der Waals surface area contributed by atoms with E-state index >= 15 is 0 Å². The van der Waals surface area contributed by atoms with Crippen molar-refractivity contribution in [3.8, 4) is 0 Å². The van der Waals surface area contributed by atoms with Crippen LogP contribution in [0.15, 0.2) is 11.6 Å².